The van der Waals surface area contributed by atoms with Gasteiger partial charge in [0.25, 0.3) is 0 Å². The quantitative estimate of drug-likeness (QED) is 0.756. The second-order valence-electron chi connectivity index (χ2n) is 4.68. The Kier molecular flexibility index (Phi) is 4.85. The van der Waals surface area contributed by atoms with Crippen LogP contribution in [0.5, 0.6) is 5.75 Å². The Morgan fingerprint density at radius 2 is 2.00 bits per heavy atom. The molecular formula is C16H18N2O2. The number of ketones is 1. The summed E-state index contributed by atoms with van der Waals surface area (Å²) in [5.41, 5.74) is 1.81. The molecule has 2 aromatic rings. The first-order chi connectivity index (χ1) is 9.69. The number of methoxy groups -OCH3 is 1. The first-order valence-corrected chi connectivity index (χ1v) is 6.44. The number of rotatable bonds is 6. The molecule has 20 heavy (non-hydrogen) atoms. The standard InChI is InChI=1S/C16H18N2O2/c1-18(11-13-6-8-17-9-7-13)12-16(19)14-4-3-5-15(10-14)20-2/h3-10H,11-12H2,1-2H3. The molecule has 0 aliphatic heterocycles. The van der Waals surface area contributed by atoms with E-state index in [9.17, 15) is 4.79 Å². The van der Waals surface area contributed by atoms with E-state index >= 15 is 0 Å². The number of nitrogens with zero attached hydrogens (tertiary/aromatic N) is 2. The summed E-state index contributed by atoms with van der Waals surface area (Å²) >= 11 is 0. The fourth-order valence-corrected chi connectivity index (χ4v) is 1.99. The Labute approximate surface area is 119 Å². The molecule has 0 saturated heterocycles. The molecule has 0 saturated carbocycles. The minimum Gasteiger partial charge on any atom is -0.497 e. The van der Waals surface area contributed by atoms with Gasteiger partial charge in [0, 0.05) is 24.5 Å². The molecule has 2 rings (SSSR count). The number of aromatic nitrogens is 1. The van der Waals surface area contributed by atoms with Crippen molar-refractivity contribution in [3.63, 3.8) is 0 Å². The van der Waals surface area contributed by atoms with Gasteiger partial charge < -0.3 is 4.74 Å². The lowest BCUT2D eigenvalue weighted by Gasteiger charge is -2.15. The summed E-state index contributed by atoms with van der Waals surface area (Å²) in [6, 6.07) is 11.1. The number of pyridine rings is 1. The Bertz CT molecular complexity index is 570. The fraction of sp³-hybridized carbons (Fsp3) is 0.250. The van der Waals surface area contributed by atoms with Gasteiger partial charge in [-0.15, -0.1) is 0 Å². The Morgan fingerprint density at radius 3 is 2.70 bits per heavy atom. The van der Waals surface area contributed by atoms with E-state index in [2.05, 4.69) is 4.98 Å². The highest BCUT2D eigenvalue weighted by molar-refractivity contribution is 5.97. The third kappa shape index (κ3) is 3.90. The van der Waals surface area contributed by atoms with E-state index in [0.717, 1.165) is 12.1 Å². The molecule has 0 spiro atoms. The summed E-state index contributed by atoms with van der Waals surface area (Å²) in [4.78, 5) is 18.2. The monoisotopic (exact) mass is 270 g/mol. The van der Waals surface area contributed by atoms with Crippen LogP contribution in [0.2, 0.25) is 0 Å². The number of benzene rings is 1. The average Bonchev–Trinajstić information content (AvgIpc) is 2.48. The molecule has 1 heterocycles. The molecular weight excluding hydrogens is 252 g/mol. The maximum atomic E-state index is 12.2. The van der Waals surface area contributed by atoms with Gasteiger partial charge in [0.1, 0.15) is 5.75 Å². The zero-order chi connectivity index (χ0) is 14.4. The minimum atomic E-state index is 0.0838. The number of hydrogen-bond acceptors (Lipinski definition) is 4. The topological polar surface area (TPSA) is 42.4 Å². The third-order valence-electron chi connectivity index (χ3n) is 3.01. The van der Waals surface area contributed by atoms with Crippen LogP contribution in [0.3, 0.4) is 0 Å². The van der Waals surface area contributed by atoms with Gasteiger partial charge in [-0.2, -0.15) is 0 Å². The van der Waals surface area contributed by atoms with E-state index in [0.29, 0.717) is 17.9 Å². The predicted octanol–water partition coefficient (Wildman–Crippen LogP) is 2.40. The molecule has 4 nitrogen and oxygen atoms in total. The molecule has 104 valence electrons. The van der Waals surface area contributed by atoms with Crippen LogP contribution in [0.4, 0.5) is 0 Å². The predicted molar refractivity (Wildman–Crippen MR) is 77.9 cm³/mol. The van der Waals surface area contributed by atoms with Crippen molar-refractivity contribution in [1.82, 2.24) is 9.88 Å². The zero-order valence-electron chi connectivity index (χ0n) is 11.7. The smallest absolute Gasteiger partial charge is 0.176 e. The van der Waals surface area contributed by atoms with E-state index in [-0.39, 0.29) is 5.78 Å². The molecule has 0 bridgehead atoms. The second kappa shape index (κ2) is 6.82. The van der Waals surface area contributed by atoms with Crippen molar-refractivity contribution < 1.29 is 9.53 Å². The first-order valence-electron chi connectivity index (χ1n) is 6.44. The van der Waals surface area contributed by atoms with Gasteiger partial charge in [0.2, 0.25) is 0 Å². The molecule has 4 heteroatoms. The summed E-state index contributed by atoms with van der Waals surface area (Å²) in [5.74, 6) is 0.785. The Balaban J connectivity index is 1.96. The highest BCUT2D eigenvalue weighted by Gasteiger charge is 2.10. The van der Waals surface area contributed by atoms with Crippen LogP contribution in [0, 0.1) is 0 Å². The van der Waals surface area contributed by atoms with Crippen LogP contribution < -0.4 is 4.74 Å². The van der Waals surface area contributed by atoms with Crippen LogP contribution in [0.25, 0.3) is 0 Å². The zero-order valence-corrected chi connectivity index (χ0v) is 11.7. The second-order valence-corrected chi connectivity index (χ2v) is 4.68. The number of ether oxygens (including phenoxy) is 1. The van der Waals surface area contributed by atoms with Crippen LogP contribution in [-0.2, 0) is 6.54 Å². The molecule has 0 aliphatic carbocycles. The summed E-state index contributed by atoms with van der Waals surface area (Å²) in [6.45, 7) is 1.09. The highest BCUT2D eigenvalue weighted by Crippen LogP contribution is 2.13. The average molecular weight is 270 g/mol. The largest absolute Gasteiger partial charge is 0.497 e. The van der Waals surface area contributed by atoms with Crippen molar-refractivity contribution in [1.29, 1.82) is 0 Å². The van der Waals surface area contributed by atoms with Gasteiger partial charge in [-0.25, -0.2) is 0 Å². The van der Waals surface area contributed by atoms with Gasteiger partial charge in [-0.1, -0.05) is 12.1 Å². The number of hydrogen-bond donors (Lipinski definition) is 0. The maximum Gasteiger partial charge on any atom is 0.176 e. The number of likely N-dealkylation sites (N-methyl/N-ethyl adjacent to an activating group) is 1. The van der Waals surface area contributed by atoms with Gasteiger partial charge in [-0.05, 0) is 36.9 Å². The normalized spacial score (nSPS) is 10.6. The van der Waals surface area contributed by atoms with Gasteiger partial charge >= 0.3 is 0 Å². The van der Waals surface area contributed by atoms with Crippen molar-refractivity contribution in [2.75, 3.05) is 20.7 Å². The number of carbonyl (C=O) groups excluding carboxylic acids is 1. The molecule has 0 aliphatic rings. The van der Waals surface area contributed by atoms with Gasteiger partial charge in [0.05, 0.1) is 13.7 Å². The number of Topliss-reactive ketones (excluding diaryl/α,β-unsaturated/α-hetero) is 1. The fourth-order valence-electron chi connectivity index (χ4n) is 1.99. The van der Waals surface area contributed by atoms with E-state index in [1.165, 1.54) is 0 Å². The molecule has 0 atom stereocenters. The van der Waals surface area contributed by atoms with Crippen molar-refractivity contribution in [2.45, 2.75) is 6.54 Å². The minimum absolute atomic E-state index is 0.0838. The molecule has 0 N–H and O–H groups in total. The molecule has 1 aromatic heterocycles. The summed E-state index contributed by atoms with van der Waals surface area (Å²) in [7, 11) is 3.53. The van der Waals surface area contributed by atoms with Crippen LogP contribution >= 0.6 is 0 Å². The first kappa shape index (κ1) is 14.2. The lowest BCUT2D eigenvalue weighted by Crippen LogP contribution is -2.25. The van der Waals surface area contributed by atoms with Crippen LogP contribution in [0.1, 0.15) is 15.9 Å². The van der Waals surface area contributed by atoms with E-state index in [4.69, 9.17) is 4.74 Å². The lowest BCUT2D eigenvalue weighted by molar-refractivity contribution is 0.0942. The van der Waals surface area contributed by atoms with Crippen LogP contribution in [0.15, 0.2) is 48.8 Å². The molecule has 1 aromatic carbocycles. The third-order valence-corrected chi connectivity index (χ3v) is 3.01. The van der Waals surface area contributed by atoms with Crippen molar-refractivity contribution in [3.05, 3.63) is 59.9 Å². The summed E-state index contributed by atoms with van der Waals surface area (Å²) in [5, 5.41) is 0. The lowest BCUT2D eigenvalue weighted by atomic mass is 10.1. The molecule has 0 amide bonds. The Hall–Kier alpha value is -2.20. The maximum absolute atomic E-state index is 12.2. The number of carbonyl (C=O) groups is 1. The van der Waals surface area contributed by atoms with Gasteiger partial charge in [-0.3, -0.25) is 14.7 Å². The van der Waals surface area contributed by atoms with Gasteiger partial charge in [0.15, 0.2) is 5.78 Å². The summed E-state index contributed by atoms with van der Waals surface area (Å²) < 4.78 is 5.13. The molecule has 0 unspecified atom stereocenters. The highest BCUT2D eigenvalue weighted by atomic mass is 16.5. The SMILES string of the molecule is COc1cccc(C(=O)CN(C)Cc2ccncc2)c1. The van der Waals surface area contributed by atoms with Crippen molar-refractivity contribution in [2.24, 2.45) is 0 Å². The van der Waals surface area contributed by atoms with Crippen molar-refractivity contribution in [3.8, 4) is 5.75 Å². The van der Waals surface area contributed by atoms with E-state index in [1.807, 2.05) is 42.3 Å². The molecule has 0 radical (unpaired) electrons. The van der Waals surface area contributed by atoms with Crippen molar-refractivity contribution >= 4 is 5.78 Å². The van der Waals surface area contributed by atoms with E-state index in [1.54, 1.807) is 25.6 Å². The Morgan fingerprint density at radius 1 is 1.25 bits per heavy atom. The van der Waals surface area contributed by atoms with E-state index < -0.39 is 0 Å². The molecule has 0 fully saturated rings. The summed E-state index contributed by atoms with van der Waals surface area (Å²) in [6.07, 6.45) is 3.51. The van der Waals surface area contributed by atoms with Crippen LogP contribution in [-0.4, -0.2) is 36.4 Å².